The van der Waals surface area contributed by atoms with E-state index in [4.69, 9.17) is 0 Å². The lowest BCUT2D eigenvalue weighted by Crippen LogP contribution is -2.50. The molecule has 1 aliphatic heterocycles. The Labute approximate surface area is 159 Å². The van der Waals surface area contributed by atoms with Gasteiger partial charge in [-0.1, -0.05) is 18.9 Å². The summed E-state index contributed by atoms with van der Waals surface area (Å²) in [5.74, 6) is -0.0439. The first kappa shape index (κ1) is 18.0. The van der Waals surface area contributed by atoms with Crippen LogP contribution in [-0.2, 0) is 29.0 Å². The van der Waals surface area contributed by atoms with Crippen molar-refractivity contribution >= 4 is 22.7 Å². The van der Waals surface area contributed by atoms with Crippen molar-refractivity contribution < 1.29 is 9.59 Å². The fourth-order valence-electron chi connectivity index (χ4n) is 4.20. The molecule has 3 N–H and O–H groups in total. The Bertz CT molecular complexity index is 842. The molecule has 2 aromatic rings. The number of amides is 2. The van der Waals surface area contributed by atoms with Crippen LogP contribution in [0.2, 0.25) is 0 Å². The minimum absolute atomic E-state index is 0.0107. The van der Waals surface area contributed by atoms with Crippen LogP contribution >= 0.6 is 0 Å². The monoisotopic (exact) mass is 368 g/mol. The summed E-state index contributed by atoms with van der Waals surface area (Å²) < 4.78 is 0. The highest BCUT2D eigenvalue weighted by Crippen LogP contribution is 2.28. The smallest absolute Gasteiger partial charge is 0.234 e. The van der Waals surface area contributed by atoms with Gasteiger partial charge in [0.15, 0.2) is 0 Å². The molecule has 2 amide bonds. The molecule has 144 valence electrons. The van der Waals surface area contributed by atoms with Crippen molar-refractivity contribution in [3.8, 4) is 0 Å². The van der Waals surface area contributed by atoms with E-state index in [1.807, 2.05) is 4.90 Å². The number of nitrogens with one attached hydrogen (secondary N) is 3. The van der Waals surface area contributed by atoms with Gasteiger partial charge in [0.2, 0.25) is 11.8 Å². The molecule has 1 fully saturated rings. The molecule has 0 atom stereocenters. The van der Waals surface area contributed by atoms with Crippen molar-refractivity contribution in [2.75, 3.05) is 26.2 Å². The van der Waals surface area contributed by atoms with Gasteiger partial charge in [-0.3, -0.25) is 14.5 Å². The lowest BCUT2D eigenvalue weighted by Gasteiger charge is -2.25. The van der Waals surface area contributed by atoms with E-state index >= 15 is 0 Å². The fraction of sp³-hybridized carbons (Fsp3) is 0.524. The quantitative estimate of drug-likeness (QED) is 0.771. The molecule has 0 saturated carbocycles. The SMILES string of the molecule is O=C1CN(CC(=O)NCc2ccc3[nH]c4c(c3c2)CCCCCC4)CCN1. The van der Waals surface area contributed by atoms with Crippen molar-refractivity contribution in [3.63, 3.8) is 0 Å². The molecule has 4 rings (SSSR count). The summed E-state index contributed by atoms with van der Waals surface area (Å²) >= 11 is 0. The van der Waals surface area contributed by atoms with Crippen LogP contribution in [0.15, 0.2) is 18.2 Å². The average Bonchev–Trinajstić information content (AvgIpc) is 2.96. The van der Waals surface area contributed by atoms with E-state index in [2.05, 4.69) is 33.8 Å². The summed E-state index contributed by atoms with van der Waals surface area (Å²) in [5, 5.41) is 7.08. The summed E-state index contributed by atoms with van der Waals surface area (Å²) in [6.45, 7) is 2.43. The van der Waals surface area contributed by atoms with E-state index < -0.39 is 0 Å². The molecule has 0 bridgehead atoms. The van der Waals surface area contributed by atoms with Crippen LogP contribution in [0.1, 0.15) is 42.5 Å². The summed E-state index contributed by atoms with van der Waals surface area (Å²) in [4.78, 5) is 29.1. The zero-order valence-electron chi connectivity index (χ0n) is 15.8. The molecular formula is C21H28N4O2. The number of nitrogens with zero attached hydrogens (tertiary/aromatic N) is 1. The predicted molar refractivity (Wildman–Crippen MR) is 105 cm³/mol. The van der Waals surface area contributed by atoms with E-state index in [0.29, 0.717) is 19.6 Å². The Kier molecular flexibility index (Phi) is 5.43. The minimum atomic E-state index is -0.0332. The highest BCUT2D eigenvalue weighted by Gasteiger charge is 2.18. The molecule has 2 heterocycles. The van der Waals surface area contributed by atoms with Gasteiger partial charge in [-0.05, 0) is 48.9 Å². The van der Waals surface area contributed by atoms with Gasteiger partial charge in [-0.2, -0.15) is 0 Å². The van der Waals surface area contributed by atoms with Gasteiger partial charge < -0.3 is 15.6 Å². The van der Waals surface area contributed by atoms with Crippen molar-refractivity contribution in [1.82, 2.24) is 20.5 Å². The number of hydrogen-bond donors (Lipinski definition) is 3. The lowest BCUT2D eigenvalue weighted by atomic mass is 9.96. The Morgan fingerprint density at radius 2 is 2.00 bits per heavy atom. The molecule has 0 unspecified atom stereocenters. The van der Waals surface area contributed by atoms with Crippen LogP contribution in [0.4, 0.5) is 0 Å². The lowest BCUT2D eigenvalue weighted by molar-refractivity contribution is -0.127. The molecule has 0 spiro atoms. The van der Waals surface area contributed by atoms with Gasteiger partial charge in [0.1, 0.15) is 0 Å². The molecule has 1 saturated heterocycles. The fourth-order valence-corrected chi connectivity index (χ4v) is 4.20. The van der Waals surface area contributed by atoms with Crippen LogP contribution in [0, 0.1) is 0 Å². The normalized spacial score (nSPS) is 18.4. The van der Waals surface area contributed by atoms with Crippen LogP contribution in [-0.4, -0.2) is 47.9 Å². The van der Waals surface area contributed by atoms with Gasteiger partial charge in [-0.25, -0.2) is 0 Å². The maximum atomic E-state index is 12.2. The number of rotatable bonds is 4. The Hall–Kier alpha value is -2.34. The van der Waals surface area contributed by atoms with Crippen LogP contribution in [0.25, 0.3) is 10.9 Å². The zero-order valence-corrected chi connectivity index (χ0v) is 15.8. The third kappa shape index (κ3) is 4.33. The number of carbonyl (C=O) groups is 2. The number of H-pyrrole nitrogens is 1. The number of fused-ring (bicyclic) bond motifs is 3. The number of carbonyl (C=O) groups excluding carboxylic acids is 2. The molecule has 1 aliphatic carbocycles. The second-order valence-corrected chi connectivity index (χ2v) is 7.71. The van der Waals surface area contributed by atoms with Gasteiger partial charge in [0.05, 0.1) is 13.1 Å². The molecule has 6 heteroatoms. The Morgan fingerprint density at radius 3 is 2.85 bits per heavy atom. The molecule has 6 nitrogen and oxygen atoms in total. The topological polar surface area (TPSA) is 77.2 Å². The number of hydrogen-bond acceptors (Lipinski definition) is 3. The molecule has 1 aromatic heterocycles. The van der Waals surface area contributed by atoms with E-state index in [-0.39, 0.29) is 18.4 Å². The highest BCUT2D eigenvalue weighted by atomic mass is 16.2. The third-order valence-corrected chi connectivity index (χ3v) is 5.64. The van der Waals surface area contributed by atoms with Gasteiger partial charge in [0, 0.05) is 36.2 Å². The van der Waals surface area contributed by atoms with Crippen molar-refractivity contribution in [1.29, 1.82) is 0 Å². The van der Waals surface area contributed by atoms with Crippen LogP contribution < -0.4 is 10.6 Å². The Balaban J connectivity index is 1.40. The number of aromatic nitrogens is 1. The average molecular weight is 368 g/mol. The van der Waals surface area contributed by atoms with E-state index in [1.54, 1.807) is 0 Å². The summed E-state index contributed by atoms with van der Waals surface area (Å²) in [5.41, 5.74) is 5.19. The van der Waals surface area contributed by atoms with Crippen molar-refractivity contribution in [2.24, 2.45) is 0 Å². The van der Waals surface area contributed by atoms with Crippen LogP contribution in [0.3, 0.4) is 0 Å². The molecule has 2 aliphatic rings. The van der Waals surface area contributed by atoms with Gasteiger partial charge in [-0.15, -0.1) is 0 Å². The minimum Gasteiger partial charge on any atom is -0.358 e. The maximum Gasteiger partial charge on any atom is 0.234 e. The third-order valence-electron chi connectivity index (χ3n) is 5.64. The number of piperazine rings is 1. The van der Waals surface area contributed by atoms with Crippen molar-refractivity contribution in [3.05, 3.63) is 35.0 Å². The molecule has 27 heavy (non-hydrogen) atoms. The van der Waals surface area contributed by atoms with Gasteiger partial charge >= 0.3 is 0 Å². The summed E-state index contributed by atoms with van der Waals surface area (Å²) in [6, 6.07) is 6.44. The van der Waals surface area contributed by atoms with Crippen LogP contribution in [0.5, 0.6) is 0 Å². The second kappa shape index (κ2) is 8.13. The van der Waals surface area contributed by atoms with E-state index in [0.717, 1.165) is 24.9 Å². The summed E-state index contributed by atoms with van der Waals surface area (Å²) in [7, 11) is 0. The molecule has 0 radical (unpaired) electrons. The first-order valence-corrected chi connectivity index (χ1v) is 10.1. The van der Waals surface area contributed by atoms with E-state index in [9.17, 15) is 9.59 Å². The largest absolute Gasteiger partial charge is 0.358 e. The summed E-state index contributed by atoms with van der Waals surface area (Å²) in [6.07, 6.45) is 7.43. The number of benzene rings is 1. The van der Waals surface area contributed by atoms with Gasteiger partial charge in [0.25, 0.3) is 0 Å². The van der Waals surface area contributed by atoms with Crippen molar-refractivity contribution in [2.45, 2.75) is 45.1 Å². The predicted octanol–water partition coefficient (Wildman–Crippen LogP) is 1.87. The zero-order chi connectivity index (χ0) is 18.6. The highest BCUT2D eigenvalue weighted by molar-refractivity contribution is 5.86. The molecule has 1 aromatic carbocycles. The van der Waals surface area contributed by atoms with E-state index in [1.165, 1.54) is 47.8 Å². The second-order valence-electron chi connectivity index (χ2n) is 7.71. The Morgan fingerprint density at radius 1 is 1.15 bits per heavy atom. The first-order valence-electron chi connectivity index (χ1n) is 10.1. The first-order chi connectivity index (χ1) is 13.2. The standard InChI is InChI=1S/C21H28N4O2/c26-20-13-25(10-9-22-20)14-21(27)23-12-15-7-8-19-17(11-15)16-5-3-1-2-4-6-18(16)24-19/h7-8,11,24H,1-6,9-10,12-14H2,(H,22,26)(H,23,27). The number of aromatic amines is 1. The molecular weight excluding hydrogens is 340 g/mol. The number of aryl methyl sites for hydroxylation is 2. The maximum absolute atomic E-state index is 12.2.